The Morgan fingerprint density at radius 1 is 1.05 bits per heavy atom. The van der Waals surface area contributed by atoms with Gasteiger partial charge in [0.2, 0.25) is 0 Å². The molecular formula is C31H27F5N4O2S. The molecule has 224 valence electrons. The lowest BCUT2D eigenvalue weighted by Gasteiger charge is -2.45. The summed E-state index contributed by atoms with van der Waals surface area (Å²) in [6.07, 6.45) is 4.14. The van der Waals surface area contributed by atoms with Crippen LogP contribution in [0.1, 0.15) is 41.7 Å². The molecule has 0 radical (unpaired) electrons. The number of fused-ring (bicyclic) bond motifs is 3. The fraction of sp³-hybridized carbons (Fsp3) is 0.290. The predicted octanol–water partition coefficient (Wildman–Crippen LogP) is 6.26. The number of nitrogens with zero attached hydrogens (tertiary/aromatic N) is 3. The molecule has 1 aromatic heterocycles. The first-order valence-electron chi connectivity index (χ1n) is 13.7. The summed E-state index contributed by atoms with van der Waals surface area (Å²) in [5, 5.41) is 0. The monoisotopic (exact) mass is 614 g/mol. The molecule has 4 aliphatic rings. The summed E-state index contributed by atoms with van der Waals surface area (Å²) in [6, 6.07) is 9.52. The number of anilines is 1. The molecule has 1 saturated carbocycles. The van der Waals surface area contributed by atoms with Crippen LogP contribution in [0.2, 0.25) is 0 Å². The number of carbonyl (C=O) groups excluding carboxylic acids is 1. The minimum atomic E-state index is -3.29. The smallest absolute Gasteiger partial charge is 0.356 e. The zero-order valence-corrected chi connectivity index (χ0v) is 23.6. The lowest BCUT2D eigenvalue weighted by Crippen LogP contribution is -2.48. The van der Waals surface area contributed by atoms with E-state index in [0.29, 0.717) is 34.8 Å². The maximum atomic E-state index is 15.3. The van der Waals surface area contributed by atoms with Crippen LogP contribution in [0, 0.1) is 17.0 Å². The van der Waals surface area contributed by atoms with Gasteiger partial charge in [-0.15, -0.1) is 0 Å². The Morgan fingerprint density at radius 2 is 1.72 bits per heavy atom. The molecule has 2 aromatic carbocycles. The molecule has 43 heavy (non-hydrogen) atoms. The first-order valence-corrected chi connectivity index (χ1v) is 14.8. The molecule has 3 atom stereocenters. The Balaban J connectivity index is 0.000000359. The topological polar surface area (TPSA) is 79.3 Å². The Labute approximate surface area is 247 Å². The number of Topliss-reactive ketones (excluding diaryl/α,β-unsaturated/α-hetero) is 1. The van der Waals surface area contributed by atoms with Crippen LogP contribution in [-0.2, 0) is 17.0 Å². The van der Waals surface area contributed by atoms with Crippen LogP contribution in [-0.4, -0.2) is 43.4 Å². The SMILES string of the molecule is Nc1ccc(F)cc1.O=C1c2cc(ccn2)C(F)(F)N2C3=C2CC12CC(N(CCF)S(=O)c1ccc(F)cc1)CCC2=C3. The van der Waals surface area contributed by atoms with Crippen LogP contribution in [0.25, 0.3) is 0 Å². The van der Waals surface area contributed by atoms with Crippen molar-refractivity contribution in [2.75, 3.05) is 19.0 Å². The highest BCUT2D eigenvalue weighted by Gasteiger charge is 2.61. The molecule has 2 aliphatic heterocycles. The standard InChI is InChI=1S/C25H21F4N3O2S.C6H6FN/c26-8-10-31(35(34)19-5-2-17(27)3-6-19)18-4-1-15-12-21-22-14-24(15,13-18)23(33)20-11-16(7-9-30-20)25(28,29)32(21)22;7-5-1-3-6(8)4-2-5/h2-3,5-7,9,11-12,18H,1,4,8,10,13-14H2;1-4H,8H2. The maximum absolute atomic E-state index is 15.3. The quantitative estimate of drug-likeness (QED) is 0.208. The van der Waals surface area contributed by atoms with Crippen LogP contribution < -0.4 is 5.73 Å². The number of aromatic nitrogens is 1. The molecule has 3 heterocycles. The van der Waals surface area contributed by atoms with Crippen molar-refractivity contribution in [2.45, 2.75) is 42.7 Å². The molecule has 4 bridgehead atoms. The van der Waals surface area contributed by atoms with E-state index in [4.69, 9.17) is 5.73 Å². The molecule has 0 saturated heterocycles. The van der Waals surface area contributed by atoms with Gasteiger partial charge in [0.25, 0.3) is 0 Å². The van der Waals surface area contributed by atoms with Gasteiger partial charge in [-0.25, -0.2) is 21.7 Å². The Bertz CT molecular complexity index is 1640. The van der Waals surface area contributed by atoms with Gasteiger partial charge in [-0.2, -0.15) is 8.78 Å². The van der Waals surface area contributed by atoms with E-state index >= 15 is 8.78 Å². The molecular weight excluding hydrogens is 587 g/mol. The van der Waals surface area contributed by atoms with Crippen LogP contribution in [0.5, 0.6) is 0 Å². The molecule has 3 aromatic rings. The number of ketones is 1. The number of halogens is 5. The normalized spacial score (nSPS) is 23.7. The first-order chi connectivity index (χ1) is 20.5. The fourth-order valence-electron chi connectivity index (χ4n) is 6.21. The maximum Gasteiger partial charge on any atom is 0.356 e. The zero-order valence-electron chi connectivity index (χ0n) is 22.8. The minimum Gasteiger partial charge on any atom is -0.399 e. The number of pyridine rings is 1. The summed E-state index contributed by atoms with van der Waals surface area (Å²) >= 11 is 0. The third kappa shape index (κ3) is 5.16. The van der Waals surface area contributed by atoms with Gasteiger partial charge < -0.3 is 5.73 Å². The first kappa shape index (κ1) is 29.2. The Morgan fingerprint density at radius 3 is 2.37 bits per heavy atom. The fourth-order valence-corrected chi connectivity index (χ4v) is 7.54. The molecule has 6 nitrogen and oxygen atoms in total. The molecule has 2 aliphatic carbocycles. The van der Waals surface area contributed by atoms with E-state index in [1.807, 2.05) is 0 Å². The second-order valence-electron chi connectivity index (χ2n) is 10.9. The number of nitrogens with two attached hydrogens (primary N) is 1. The van der Waals surface area contributed by atoms with Crippen molar-refractivity contribution in [2.24, 2.45) is 5.41 Å². The van der Waals surface area contributed by atoms with Crippen molar-refractivity contribution >= 4 is 22.5 Å². The van der Waals surface area contributed by atoms with Gasteiger partial charge >= 0.3 is 6.05 Å². The number of hydrogen-bond acceptors (Lipinski definition) is 5. The van der Waals surface area contributed by atoms with E-state index in [9.17, 15) is 22.2 Å². The third-order valence-electron chi connectivity index (χ3n) is 8.35. The summed E-state index contributed by atoms with van der Waals surface area (Å²) in [4.78, 5) is 19.3. The average molecular weight is 615 g/mol. The van der Waals surface area contributed by atoms with E-state index in [-0.39, 0.29) is 42.2 Å². The van der Waals surface area contributed by atoms with E-state index in [2.05, 4.69) is 4.98 Å². The summed E-state index contributed by atoms with van der Waals surface area (Å²) in [5.41, 5.74) is 6.04. The van der Waals surface area contributed by atoms with Crippen molar-refractivity contribution in [3.63, 3.8) is 0 Å². The van der Waals surface area contributed by atoms with E-state index in [0.717, 1.165) is 16.5 Å². The second kappa shape index (κ2) is 11.0. The molecule has 1 spiro atoms. The number of alkyl halides is 3. The largest absolute Gasteiger partial charge is 0.399 e. The summed E-state index contributed by atoms with van der Waals surface area (Å²) in [7, 11) is -1.78. The summed E-state index contributed by atoms with van der Waals surface area (Å²) in [6.45, 7) is -0.893. The number of hydrogen-bond donors (Lipinski definition) is 1. The zero-order chi connectivity index (χ0) is 30.5. The number of allylic oxidation sites excluding steroid dienone is 3. The summed E-state index contributed by atoms with van der Waals surface area (Å²) in [5.74, 6) is -1.07. The van der Waals surface area contributed by atoms with Crippen LogP contribution in [0.15, 0.2) is 94.8 Å². The van der Waals surface area contributed by atoms with E-state index in [1.165, 1.54) is 65.1 Å². The van der Waals surface area contributed by atoms with Gasteiger partial charge in [-0.1, -0.05) is 5.57 Å². The predicted molar refractivity (Wildman–Crippen MR) is 150 cm³/mol. The number of carbonyl (C=O) groups is 1. The highest BCUT2D eigenvalue weighted by molar-refractivity contribution is 7.82. The molecule has 12 heteroatoms. The van der Waals surface area contributed by atoms with Gasteiger partial charge in [0.1, 0.15) is 35.0 Å². The van der Waals surface area contributed by atoms with Gasteiger partial charge in [0, 0.05) is 42.2 Å². The third-order valence-corrected chi connectivity index (χ3v) is 9.93. The Hall–Kier alpha value is -3.90. The summed E-state index contributed by atoms with van der Waals surface area (Å²) < 4.78 is 84.4. The Kier molecular flexibility index (Phi) is 7.45. The lowest BCUT2D eigenvalue weighted by molar-refractivity contribution is -0.0957. The number of nitrogen functional groups attached to an aromatic ring is 1. The van der Waals surface area contributed by atoms with Crippen LogP contribution in [0.4, 0.5) is 27.6 Å². The van der Waals surface area contributed by atoms with Crippen LogP contribution >= 0.6 is 0 Å². The van der Waals surface area contributed by atoms with Crippen molar-refractivity contribution < 1.29 is 31.0 Å². The molecule has 1 fully saturated rings. The van der Waals surface area contributed by atoms with E-state index < -0.39 is 41.0 Å². The van der Waals surface area contributed by atoms with Gasteiger partial charge in [0.15, 0.2) is 5.78 Å². The van der Waals surface area contributed by atoms with Crippen molar-refractivity contribution in [1.82, 2.24) is 14.2 Å². The number of rotatable bonds is 5. The average Bonchev–Trinajstić information content (AvgIpc) is 3.72. The highest BCUT2D eigenvalue weighted by Crippen LogP contribution is 2.61. The second-order valence-corrected chi connectivity index (χ2v) is 12.3. The van der Waals surface area contributed by atoms with Gasteiger partial charge in [-0.3, -0.25) is 14.7 Å². The van der Waals surface area contributed by atoms with Crippen molar-refractivity contribution in [3.8, 4) is 0 Å². The van der Waals surface area contributed by atoms with Crippen LogP contribution in [0.3, 0.4) is 0 Å². The molecule has 7 rings (SSSR count). The van der Waals surface area contributed by atoms with Crippen molar-refractivity contribution in [3.05, 3.63) is 113 Å². The molecule has 2 N–H and O–H groups in total. The molecule has 3 unspecified atom stereocenters. The van der Waals surface area contributed by atoms with Gasteiger partial charge in [0.05, 0.1) is 16.0 Å². The lowest BCUT2D eigenvalue weighted by atomic mass is 9.62. The minimum absolute atomic E-state index is 0.0306. The number of benzene rings is 2. The highest BCUT2D eigenvalue weighted by atomic mass is 32.2. The molecule has 0 amide bonds. The van der Waals surface area contributed by atoms with Gasteiger partial charge in [-0.05, 0) is 86.0 Å². The van der Waals surface area contributed by atoms with E-state index in [1.54, 1.807) is 6.08 Å². The van der Waals surface area contributed by atoms with Crippen molar-refractivity contribution in [1.29, 1.82) is 0 Å².